The van der Waals surface area contributed by atoms with Gasteiger partial charge in [-0.15, -0.1) is 0 Å². The number of rotatable bonds is 8. The van der Waals surface area contributed by atoms with Gasteiger partial charge in [0.2, 0.25) is 5.91 Å². The number of anilines is 1. The summed E-state index contributed by atoms with van der Waals surface area (Å²) in [6.07, 6.45) is 5.92. The number of methoxy groups -OCH3 is 1. The van der Waals surface area contributed by atoms with E-state index in [-0.39, 0.29) is 18.6 Å². The van der Waals surface area contributed by atoms with Crippen LogP contribution in [0.15, 0.2) is 12.4 Å². The van der Waals surface area contributed by atoms with Gasteiger partial charge in [0.15, 0.2) is 0 Å². The van der Waals surface area contributed by atoms with Crippen molar-refractivity contribution in [3.63, 3.8) is 0 Å². The third-order valence-corrected chi connectivity index (χ3v) is 3.10. The van der Waals surface area contributed by atoms with E-state index in [9.17, 15) is 4.79 Å². The molecule has 2 N–H and O–H groups in total. The Bertz CT molecular complexity index is 416. The van der Waals surface area contributed by atoms with Gasteiger partial charge in [-0.25, -0.2) is 0 Å². The van der Waals surface area contributed by atoms with Gasteiger partial charge in [0.25, 0.3) is 0 Å². The average Bonchev–Trinajstić information content (AvgIpc) is 3.08. The van der Waals surface area contributed by atoms with E-state index >= 15 is 0 Å². The van der Waals surface area contributed by atoms with Crippen molar-refractivity contribution in [1.82, 2.24) is 15.1 Å². The summed E-state index contributed by atoms with van der Waals surface area (Å²) >= 11 is 0. The lowest BCUT2D eigenvalue weighted by molar-refractivity contribution is -0.115. The molecule has 20 heavy (non-hydrogen) atoms. The van der Waals surface area contributed by atoms with Crippen LogP contribution in [0.2, 0.25) is 0 Å². The minimum Gasteiger partial charge on any atom is -0.383 e. The van der Waals surface area contributed by atoms with E-state index in [1.807, 2.05) is 10.9 Å². The molecule has 7 heteroatoms. The number of nitrogens with one attached hydrogen (secondary N) is 2. The molecule has 1 aliphatic rings. The van der Waals surface area contributed by atoms with Crippen LogP contribution in [0, 0.1) is 0 Å². The molecule has 1 fully saturated rings. The molecular weight excluding hydrogens is 260 g/mol. The first-order chi connectivity index (χ1) is 9.78. The highest BCUT2D eigenvalue weighted by atomic mass is 16.5. The highest BCUT2D eigenvalue weighted by molar-refractivity contribution is 5.91. The second-order valence-corrected chi connectivity index (χ2v) is 4.80. The lowest BCUT2D eigenvalue weighted by Gasteiger charge is -2.08. The minimum atomic E-state index is -0.0854. The van der Waals surface area contributed by atoms with Crippen LogP contribution in [-0.4, -0.2) is 55.2 Å². The number of hydrogen-bond donors (Lipinski definition) is 2. The average molecular weight is 282 g/mol. The summed E-state index contributed by atoms with van der Waals surface area (Å²) < 4.78 is 12.3. The maximum atomic E-state index is 11.7. The summed E-state index contributed by atoms with van der Waals surface area (Å²) in [5.74, 6) is -0.0854. The van der Waals surface area contributed by atoms with E-state index in [1.54, 1.807) is 13.3 Å². The summed E-state index contributed by atoms with van der Waals surface area (Å²) in [7, 11) is 1.63. The fourth-order valence-corrected chi connectivity index (χ4v) is 2.11. The zero-order valence-corrected chi connectivity index (χ0v) is 11.8. The van der Waals surface area contributed by atoms with Crippen molar-refractivity contribution in [3.05, 3.63) is 12.4 Å². The molecule has 0 saturated carbocycles. The van der Waals surface area contributed by atoms with E-state index in [4.69, 9.17) is 9.47 Å². The predicted octanol–water partition coefficient (Wildman–Crippen LogP) is 0.237. The van der Waals surface area contributed by atoms with Crippen molar-refractivity contribution < 1.29 is 14.3 Å². The molecule has 1 saturated heterocycles. The third-order valence-electron chi connectivity index (χ3n) is 3.10. The van der Waals surface area contributed by atoms with Crippen molar-refractivity contribution in [2.24, 2.45) is 0 Å². The maximum Gasteiger partial charge on any atom is 0.238 e. The van der Waals surface area contributed by atoms with Crippen LogP contribution in [-0.2, 0) is 20.8 Å². The first kappa shape index (κ1) is 15.0. The molecule has 1 amide bonds. The minimum absolute atomic E-state index is 0.0854. The van der Waals surface area contributed by atoms with E-state index in [0.717, 1.165) is 26.0 Å². The molecule has 2 heterocycles. The van der Waals surface area contributed by atoms with Gasteiger partial charge in [-0.1, -0.05) is 0 Å². The molecule has 7 nitrogen and oxygen atoms in total. The number of carbonyl (C=O) groups is 1. The van der Waals surface area contributed by atoms with Gasteiger partial charge in [-0.2, -0.15) is 5.10 Å². The number of aromatic nitrogens is 2. The van der Waals surface area contributed by atoms with Gasteiger partial charge in [0.1, 0.15) is 0 Å². The zero-order chi connectivity index (χ0) is 14.2. The second kappa shape index (κ2) is 7.98. The van der Waals surface area contributed by atoms with Crippen molar-refractivity contribution in [3.8, 4) is 0 Å². The predicted molar refractivity (Wildman–Crippen MR) is 74.6 cm³/mol. The number of amides is 1. The lowest BCUT2D eigenvalue weighted by Crippen LogP contribution is -2.30. The number of nitrogens with zero attached hydrogens (tertiary/aromatic N) is 2. The highest BCUT2D eigenvalue weighted by Crippen LogP contribution is 2.14. The molecule has 0 spiro atoms. The van der Waals surface area contributed by atoms with E-state index in [2.05, 4.69) is 15.7 Å². The fraction of sp³-hybridized carbons (Fsp3) is 0.692. The van der Waals surface area contributed by atoms with E-state index < -0.39 is 0 Å². The van der Waals surface area contributed by atoms with Crippen LogP contribution in [0.3, 0.4) is 0 Å². The Kier molecular flexibility index (Phi) is 5.97. The molecule has 0 bridgehead atoms. The monoisotopic (exact) mass is 282 g/mol. The Morgan fingerprint density at radius 2 is 2.55 bits per heavy atom. The van der Waals surface area contributed by atoms with Crippen molar-refractivity contribution in [2.75, 3.05) is 38.7 Å². The first-order valence-electron chi connectivity index (χ1n) is 6.91. The maximum absolute atomic E-state index is 11.7. The van der Waals surface area contributed by atoms with Gasteiger partial charge in [0.05, 0.1) is 37.7 Å². The van der Waals surface area contributed by atoms with Crippen LogP contribution in [0.4, 0.5) is 5.69 Å². The first-order valence-corrected chi connectivity index (χ1v) is 6.91. The molecular formula is C13H22N4O3. The van der Waals surface area contributed by atoms with Crippen molar-refractivity contribution >= 4 is 11.6 Å². The SMILES string of the molecule is COCCNCC(=O)Nc1cnn(CC2CCCO2)c1. The van der Waals surface area contributed by atoms with Gasteiger partial charge >= 0.3 is 0 Å². The molecule has 2 rings (SSSR count). The molecule has 0 radical (unpaired) electrons. The smallest absolute Gasteiger partial charge is 0.238 e. The zero-order valence-electron chi connectivity index (χ0n) is 11.8. The van der Waals surface area contributed by atoms with Gasteiger partial charge in [-0.3, -0.25) is 9.48 Å². The summed E-state index contributed by atoms with van der Waals surface area (Å²) in [5.41, 5.74) is 0.710. The van der Waals surface area contributed by atoms with Crippen molar-refractivity contribution in [2.45, 2.75) is 25.5 Å². The summed E-state index contributed by atoms with van der Waals surface area (Å²) in [4.78, 5) is 11.7. The molecule has 1 aromatic rings. The Morgan fingerprint density at radius 1 is 1.65 bits per heavy atom. The third kappa shape index (κ3) is 4.92. The number of carbonyl (C=O) groups excluding carboxylic acids is 1. The largest absolute Gasteiger partial charge is 0.383 e. The normalized spacial score (nSPS) is 18.4. The van der Waals surface area contributed by atoms with Crippen LogP contribution < -0.4 is 10.6 Å². The summed E-state index contributed by atoms with van der Waals surface area (Å²) in [5, 5.41) is 10.0. The quantitative estimate of drug-likeness (QED) is 0.668. The standard InChI is InChI=1S/C13H22N4O3/c1-19-6-4-14-8-13(18)16-11-7-15-17(9-11)10-12-3-2-5-20-12/h7,9,12,14H,2-6,8,10H2,1H3,(H,16,18). The lowest BCUT2D eigenvalue weighted by atomic mass is 10.2. The second-order valence-electron chi connectivity index (χ2n) is 4.80. The van der Waals surface area contributed by atoms with Crippen molar-refractivity contribution in [1.29, 1.82) is 0 Å². The Balaban J connectivity index is 1.70. The highest BCUT2D eigenvalue weighted by Gasteiger charge is 2.16. The fourth-order valence-electron chi connectivity index (χ4n) is 2.11. The molecule has 1 aliphatic heterocycles. The van der Waals surface area contributed by atoms with Gasteiger partial charge < -0.3 is 20.1 Å². The van der Waals surface area contributed by atoms with Gasteiger partial charge in [-0.05, 0) is 12.8 Å². The summed E-state index contributed by atoms with van der Waals surface area (Å²) in [6.45, 7) is 3.08. The molecule has 112 valence electrons. The Morgan fingerprint density at radius 3 is 3.30 bits per heavy atom. The van der Waals surface area contributed by atoms with Crippen LogP contribution in [0.25, 0.3) is 0 Å². The molecule has 1 atom stereocenters. The Hall–Kier alpha value is -1.44. The summed E-state index contributed by atoms with van der Waals surface area (Å²) in [6, 6.07) is 0. The molecule has 1 aromatic heterocycles. The van der Waals surface area contributed by atoms with E-state index in [1.165, 1.54) is 0 Å². The number of ether oxygens (including phenoxy) is 2. The van der Waals surface area contributed by atoms with Crippen LogP contribution in [0.5, 0.6) is 0 Å². The number of hydrogen-bond acceptors (Lipinski definition) is 5. The van der Waals surface area contributed by atoms with Gasteiger partial charge in [0, 0.05) is 26.5 Å². The van der Waals surface area contributed by atoms with E-state index in [0.29, 0.717) is 18.8 Å². The molecule has 0 aliphatic carbocycles. The van der Waals surface area contributed by atoms with Crippen LogP contribution >= 0.6 is 0 Å². The molecule has 1 unspecified atom stereocenters. The Labute approximate surface area is 118 Å². The van der Waals surface area contributed by atoms with Crippen LogP contribution in [0.1, 0.15) is 12.8 Å². The topological polar surface area (TPSA) is 77.4 Å². The molecule has 0 aromatic carbocycles.